The van der Waals surface area contributed by atoms with Gasteiger partial charge in [0.25, 0.3) is 0 Å². The zero-order chi connectivity index (χ0) is 17.9. The fourth-order valence-electron chi connectivity index (χ4n) is 2.76. The molecule has 0 spiro atoms. The van der Waals surface area contributed by atoms with E-state index in [2.05, 4.69) is 4.98 Å². The number of carbonyl (C=O) groups is 1. The van der Waals surface area contributed by atoms with Crippen LogP contribution >= 0.6 is 22.7 Å². The fourth-order valence-corrected chi connectivity index (χ4v) is 4.52. The van der Waals surface area contributed by atoms with Gasteiger partial charge in [0.1, 0.15) is 0 Å². The molecular weight excluding hydrogens is 362 g/mol. The smallest absolute Gasteiger partial charge is 0.234 e. The number of hydrogen-bond acceptors (Lipinski definition) is 5. The van der Waals surface area contributed by atoms with Crippen LogP contribution in [0.3, 0.4) is 0 Å². The summed E-state index contributed by atoms with van der Waals surface area (Å²) < 4.78 is 1.09. The van der Waals surface area contributed by atoms with Gasteiger partial charge in [-0.15, -0.1) is 11.3 Å². The van der Waals surface area contributed by atoms with Crippen LogP contribution in [-0.2, 0) is 17.8 Å². The van der Waals surface area contributed by atoms with Gasteiger partial charge in [0, 0.05) is 11.1 Å². The average Bonchev–Trinajstić information content (AvgIpc) is 3.30. The van der Waals surface area contributed by atoms with Crippen LogP contribution in [0.2, 0.25) is 0 Å². The van der Waals surface area contributed by atoms with Gasteiger partial charge in [0.2, 0.25) is 5.91 Å². The number of nitrogens with zero attached hydrogens (tertiary/aromatic N) is 3. The van der Waals surface area contributed by atoms with Crippen LogP contribution in [0.5, 0.6) is 0 Å². The van der Waals surface area contributed by atoms with Gasteiger partial charge in [-0.25, -0.2) is 4.98 Å². The van der Waals surface area contributed by atoms with Crippen LogP contribution < -0.4 is 4.90 Å². The molecule has 0 unspecified atom stereocenters. The normalized spacial score (nSPS) is 11.0. The van der Waals surface area contributed by atoms with E-state index in [1.807, 2.05) is 60.8 Å². The minimum atomic E-state index is 0.0369. The van der Waals surface area contributed by atoms with E-state index >= 15 is 0 Å². The van der Waals surface area contributed by atoms with E-state index in [-0.39, 0.29) is 5.91 Å². The summed E-state index contributed by atoms with van der Waals surface area (Å²) in [6, 6.07) is 15.8. The lowest BCUT2D eigenvalue weighted by atomic mass is 10.2. The number of aromatic nitrogens is 2. The fraction of sp³-hybridized carbons (Fsp3) is 0.150. The minimum absolute atomic E-state index is 0.0369. The predicted octanol–water partition coefficient (Wildman–Crippen LogP) is 4.84. The van der Waals surface area contributed by atoms with E-state index in [0.29, 0.717) is 13.0 Å². The average molecular weight is 380 g/mol. The number of benzene rings is 1. The van der Waals surface area contributed by atoms with Gasteiger partial charge in [0.05, 0.1) is 28.9 Å². The molecule has 0 fully saturated rings. The SMILES string of the molecule is Cc1cccc2sc(N(Cc3ccccn3)C(=O)Cc3cccs3)nc12. The van der Waals surface area contributed by atoms with E-state index in [1.54, 1.807) is 33.8 Å². The standard InChI is InChI=1S/C20H17N3OS2/c1-14-6-4-9-17-19(14)22-20(26-17)23(13-15-7-2-3-10-21-15)18(24)12-16-8-5-11-25-16/h2-11H,12-13H2,1H3. The van der Waals surface area contributed by atoms with E-state index in [9.17, 15) is 4.79 Å². The molecule has 1 amide bonds. The number of aryl methyl sites for hydroxylation is 1. The van der Waals surface area contributed by atoms with Crippen molar-refractivity contribution in [3.05, 3.63) is 76.2 Å². The highest BCUT2D eigenvalue weighted by molar-refractivity contribution is 7.22. The van der Waals surface area contributed by atoms with Crippen molar-refractivity contribution < 1.29 is 4.79 Å². The van der Waals surface area contributed by atoms with Crippen molar-refractivity contribution in [3.8, 4) is 0 Å². The Bertz CT molecular complexity index is 1030. The van der Waals surface area contributed by atoms with Gasteiger partial charge < -0.3 is 0 Å². The van der Waals surface area contributed by atoms with E-state index in [1.165, 1.54) is 0 Å². The first-order valence-electron chi connectivity index (χ1n) is 8.29. The second-order valence-electron chi connectivity index (χ2n) is 5.98. The lowest BCUT2D eigenvalue weighted by molar-refractivity contribution is -0.118. The molecule has 0 N–H and O–H groups in total. The summed E-state index contributed by atoms with van der Waals surface area (Å²) in [5.41, 5.74) is 2.93. The van der Waals surface area contributed by atoms with Crippen molar-refractivity contribution in [1.29, 1.82) is 0 Å². The Morgan fingerprint density at radius 1 is 1.12 bits per heavy atom. The highest BCUT2D eigenvalue weighted by Crippen LogP contribution is 2.31. The molecule has 6 heteroatoms. The van der Waals surface area contributed by atoms with Crippen LogP contribution in [-0.4, -0.2) is 15.9 Å². The monoisotopic (exact) mass is 379 g/mol. The molecule has 4 rings (SSSR count). The highest BCUT2D eigenvalue weighted by Gasteiger charge is 2.21. The zero-order valence-electron chi connectivity index (χ0n) is 14.3. The molecule has 4 aromatic rings. The van der Waals surface area contributed by atoms with Gasteiger partial charge in [-0.2, -0.15) is 0 Å². The molecule has 0 bridgehead atoms. The molecule has 0 saturated heterocycles. The second-order valence-corrected chi connectivity index (χ2v) is 8.02. The molecule has 0 atom stereocenters. The Balaban J connectivity index is 1.70. The predicted molar refractivity (Wildman–Crippen MR) is 108 cm³/mol. The lowest BCUT2D eigenvalue weighted by Gasteiger charge is -2.19. The molecule has 26 heavy (non-hydrogen) atoms. The van der Waals surface area contributed by atoms with Crippen LogP contribution in [0.4, 0.5) is 5.13 Å². The van der Waals surface area contributed by atoms with Gasteiger partial charge in [0.15, 0.2) is 5.13 Å². The Kier molecular flexibility index (Phi) is 4.77. The highest BCUT2D eigenvalue weighted by atomic mass is 32.1. The lowest BCUT2D eigenvalue weighted by Crippen LogP contribution is -2.31. The van der Waals surface area contributed by atoms with Gasteiger partial charge >= 0.3 is 0 Å². The number of amides is 1. The maximum Gasteiger partial charge on any atom is 0.234 e. The van der Waals surface area contributed by atoms with Crippen molar-refractivity contribution in [2.45, 2.75) is 19.9 Å². The summed E-state index contributed by atoms with van der Waals surface area (Å²) in [6.45, 7) is 2.46. The topological polar surface area (TPSA) is 46.1 Å². The third kappa shape index (κ3) is 3.52. The van der Waals surface area contributed by atoms with Gasteiger partial charge in [-0.1, -0.05) is 35.6 Å². The number of para-hydroxylation sites is 1. The first kappa shape index (κ1) is 16.9. The van der Waals surface area contributed by atoms with Crippen molar-refractivity contribution in [2.24, 2.45) is 0 Å². The summed E-state index contributed by atoms with van der Waals surface area (Å²) in [5.74, 6) is 0.0369. The summed E-state index contributed by atoms with van der Waals surface area (Å²) >= 11 is 3.15. The quantitative estimate of drug-likeness (QED) is 0.499. The summed E-state index contributed by atoms with van der Waals surface area (Å²) in [4.78, 5) is 25.0. The number of carbonyl (C=O) groups excluding carboxylic acids is 1. The number of thiazole rings is 1. The van der Waals surface area contributed by atoms with Crippen molar-refractivity contribution >= 4 is 43.9 Å². The molecule has 1 aromatic carbocycles. The zero-order valence-corrected chi connectivity index (χ0v) is 15.9. The van der Waals surface area contributed by atoms with Crippen LogP contribution in [0.25, 0.3) is 10.2 Å². The maximum absolute atomic E-state index is 13.0. The molecule has 130 valence electrons. The number of hydrogen-bond donors (Lipinski definition) is 0. The number of fused-ring (bicyclic) bond motifs is 1. The molecule has 3 heterocycles. The van der Waals surface area contributed by atoms with Crippen LogP contribution in [0, 0.1) is 6.92 Å². The van der Waals surface area contributed by atoms with E-state index < -0.39 is 0 Å². The molecule has 0 aliphatic heterocycles. The third-order valence-electron chi connectivity index (χ3n) is 4.09. The number of anilines is 1. The Hall–Kier alpha value is -2.57. The number of pyridine rings is 1. The Morgan fingerprint density at radius 3 is 2.77 bits per heavy atom. The molecule has 0 aliphatic rings. The van der Waals surface area contributed by atoms with E-state index in [4.69, 9.17) is 4.98 Å². The van der Waals surface area contributed by atoms with Gasteiger partial charge in [-0.05, 0) is 42.1 Å². The Labute approximate surface area is 159 Å². The van der Waals surface area contributed by atoms with Gasteiger partial charge in [-0.3, -0.25) is 14.7 Å². The van der Waals surface area contributed by atoms with Crippen LogP contribution in [0.1, 0.15) is 16.1 Å². The van der Waals surface area contributed by atoms with Crippen molar-refractivity contribution in [2.75, 3.05) is 4.90 Å². The molecule has 0 radical (unpaired) electrons. The third-order valence-corrected chi connectivity index (χ3v) is 6.01. The van der Waals surface area contributed by atoms with Crippen molar-refractivity contribution in [3.63, 3.8) is 0 Å². The second kappa shape index (κ2) is 7.35. The molecule has 0 saturated carbocycles. The van der Waals surface area contributed by atoms with Crippen LogP contribution in [0.15, 0.2) is 60.1 Å². The molecule has 4 nitrogen and oxygen atoms in total. The van der Waals surface area contributed by atoms with E-state index in [0.717, 1.165) is 31.5 Å². The molecule has 3 aromatic heterocycles. The maximum atomic E-state index is 13.0. The van der Waals surface area contributed by atoms with Crippen molar-refractivity contribution in [1.82, 2.24) is 9.97 Å². The molecule has 0 aliphatic carbocycles. The number of thiophene rings is 1. The Morgan fingerprint density at radius 2 is 2.04 bits per heavy atom. The first-order valence-corrected chi connectivity index (χ1v) is 9.99. The summed E-state index contributed by atoms with van der Waals surface area (Å²) in [7, 11) is 0. The number of rotatable bonds is 5. The summed E-state index contributed by atoms with van der Waals surface area (Å²) in [6.07, 6.45) is 2.12. The minimum Gasteiger partial charge on any atom is -0.282 e. The largest absolute Gasteiger partial charge is 0.282 e. The first-order chi connectivity index (χ1) is 12.7. The summed E-state index contributed by atoms with van der Waals surface area (Å²) in [5, 5.41) is 2.72. The molecular formula is C20H17N3OS2.